The number of carbonyl (C=O) groups is 1. The Morgan fingerprint density at radius 3 is 2.77 bits per heavy atom. The summed E-state index contributed by atoms with van der Waals surface area (Å²) in [5.41, 5.74) is 5.64. The third kappa shape index (κ3) is 3.00. The summed E-state index contributed by atoms with van der Waals surface area (Å²) in [6.07, 6.45) is 9.06. The summed E-state index contributed by atoms with van der Waals surface area (Å²) >= 11 is 0. The number of fused-ring (bicyclic) bond motifs is 5. The highest BCUT2D eigenvalue weighted by molar-refractivity contribution is 5.73. The van der Waals surface area contributed by atoms with Crippen LogP contribution in [-0.4, -0.2) is 37.1 Å². The monoisotopic (exact) mass is 365 g/mol. The SMILES string of the molecule is CCC1OC(CN)CC1C(=O)OCOC1(CC)CC2CC1C1CCCC21. The maximum atomic E-state index is 12.6. The van der Waals surface area contributed by atoms with Crippen molar-refractivity contribution >= 4 is 5.97 Å². The highest BCUT2D eigenvalue weighted by atomic mass is 16.7. The first-order valence-electron chi connectivity index (χ1n) is 10.8. The average Bonchev–Trinajstić information content (AvgIpc) is 3.40. The van der Waals surface area contributed by atoms with Gasteiger partial charge in [-0.2, -0.15) is 0 Å². The largest absolute Gasteiger partial charge is 0.438 e. The Kier molecular flexibility index (Phi) is 5.32. The van der Waals surface area contributed by atoms with Gasteiger partial charge in [0, 0.05) is 6.54 Å². The van der Waals surface area contributed by atoms with E-state index in [1.54, 1.807) is 0 Å². The molecule has 1 heterocycles. The Labute approximate surface area is 157 Å². The van der Waals surface area contributed by atoms with Crippen LogP contribution >= 0.6 is 0 Å². The van der Waals surface area contributed by atoms with Crippen LogP contribution in [0, 0.1) is 29.6 Å². The van der Waals surface area contributed by atoms with Crippen molar-refractivity contribution < 1.29 is 19.0 Å². The second-order valence-electron chi connectivity index (χ2n) is 8.99. The minimum absolute atomic E-state index is 0.0229. The number of rotatable bonds is 7. The van der Waals surface area contributed by atoms with Gasteiger partial charge in [-0.25, -0.2) is 0 Å². The molecule has 5 nitrogen and oxygen atoms in total. The van der Waals surface area contributed by atoms with Crippen LogP contribution in [0.15, 0.2) is 0 Å². The van der Waals surface area contributed by atoms with Crippen LogP contribution in [0.25, 0.3) is 0 Å². The molecule has 3 saturated carbocycles. The van der Waals surface area contributed by atoms with Gasteiger partial charge >= 0.3 is 5.97 Å². The molecular formula is C21H35NO4. The molecule has 8 unspecified atom stereocenters. The van der Waals surface area contributed by atoms with E-state index in [0.717, 1.165) is 37.0 Å². The van der Waals surface area contributed by atoms with E-state index in [9.17, 15) is 4.79 Å². The molecule has 0 aromatic heterocycles. The van der Waals surface area contributed by atoms with Gasteiger partial charge < -0.3 is 19.9 Å². The summed E-state index contributed by atoms with van der Waals surface area (Å²) in [4.78, 5) is 12.6. The predicted molar refractivity (Wildman–Crippen MR) is 98.2 cm³/mol. The molecule has 1 saturated heterocycles. The molecule has 0 aromatic rings. The van der Waals surface area contributed by atoms with Crippen molar-refractivity contribution in [2.24, 2.45) is 35.3 Å². The highest BCUT2D eigenvalue weighted by Gasteiger charge is 2.60. The number of hydrogen-bond donors (Lipinski definition) is 1. The molecule has 26 heavy (non-hydrogen) atoms. The van der Waals surface area contributed by atoms with Crippen LogP contribution < -0.4 is 5.73 Å². The van der Waals surface area contributed by atoms with Crippen LogP contribution in [0.1, 0.15) is 65.2 Å². The zero-order valence-electron chi connectivity index (χ0n) is 16.3. The van der Waals surface area contributed by atoms with Crippen LogP contribution in [-0.2, 0) is 19.0 Å². The number of carbonyl (C=O) groups excluding carboxylic acids is 1. The van der Waals surface area contributed by atoms with Gasteiger partial charge in [0.1, 0.15) is 0 Å². The van der Waals surface area contributed by atoms with E-state index in [4.69, 9.17) is 19.9 Å². The highest BCUT2D eigenvalue weighted by Crippen LogP contribution is 2.64. The minimum Gasteiger partial charge on any atom is -0.438 e. The molecule has 2 bridgehead atoms. The second-order valence-corrected chi connectivity index (χ2v) is 8.99. The Balaban J connectivity index is 1.32. The summed E-state index contributed by atoms with van der Waals surface area (Å²) in [6.45, 7) is 4.82. The Morgan fingerprint density at radius 1 is 1.23 bits per heavy atom. The van der Waals surface area contributed by atoms with Gasteiger partial charge in [0.15, 0.2) is 6.79 Å². The number of ether oxygens (including phenoxy) is 3. The first kappa shape index (κ1) is 18.7. The van der Waals surface area contributed by atoms with Gasteiger partial charge in [-0.1, -0.05) is 20.3 Å². The number of nitrogens with two attached hydrogens (primary N) is 1. The lowest BCUT2D eigenvalue weighted by molar-refractivity contribution is -0.192. The zero-order chi connectivity index (χ0) is 18.3. The van der Waals surface area contributed by atoms with Crippen molar-refractivity contribution in [1.82, 2.24) is 0 Å². The predicted octanol–water partition coefficient (Wildman–Crippen LogP) is 3.25. The molecule has 0 amide bonds. The Hall–Kier alpha value is -0.650. The minimum atomic E-state index is -0.200. The summed E-state index contributed by atoms with van der Waals surface area (Å²) in [5, 5.41) is 0. The molecule has 4 rings (SSSR count). The van der Waals surface area contributed by atoms with Crippen molar-refractivity contribution in [2.45, 2.75) is 83.0 Å². The van der Waals surface area contributed by atoms with Crippen LogP contribution in [0.3, 0.4) is 0 Å². The van der Waals surface area contributed by atoms with Crippen molar-refractivity contribution in [3.63, 3.8) is 0 Å². The summed E-state index contributed by atoms with van der Waals surface area (Å²) < 4.78 is 17.7. The van der Waals surface area contributed by atoms with E-state index in [2.05, 4.69) is 6.92 Å². The van der Waals surface area contributed by atoms with Crippen LogP contribution in [0.4, 0.5) is 0 Å². The molecule has 2 N–H and O–H groups in total. The fourth-order valence-electron chi connectivity index (χ4n) is 6.81. The van der Waals surface area contributed by atoms with E-state index in [0.29, 0.717) is 18.9 Å². The lowest BCUT2D eigenvalue weighted by atomic mass is 9.72. The third-order valence-corrected chi connectivity index (χ3v) is 8.03. The standard InChI is InChI=1S/C21H35NO4/c1-3-19-17(9-14(11-22)26-19)20(23)24-12-25-21(4-2)10-13-8-18(21)16-7-5-6-15(13)16/h13-19H,3-12,22H2,1-2H3. The normalized spacial score (nSPS) is 46.7. The van der Waals surface area contributed by atoms with E-state index in [-0.39, 0.29) is 36.5 Å². The van der Waals surface area contributed by atoms with Gasteiger partial charge in [0.25, 0.3) is 0 Å². The Bertz CT molecular complexity index is 526. The van der Waals surface area contributed by atoms with Crippen molar-refractivity contribution in [1.29, 1.82) is 0 Å². The molecule has 0 aromatic carbocycles. The van der Waals surface area contributed by atoms with Crippen LogP contribution in [0.5, 0.6) is 0 Å². The fraction of sp³-hybridized carbons (Fsp3) is 0.952. The van der Waals surface area contributed by atoms with Crippen molar-refractivity contribution in [2.75, 3.05) is 13.3 Å². The molecule has 0 radical (unpaired) electrons. The van der Waals surface area contributed by atoms with Crippen molar-refractivity contribution in [3.05, 3.63) is 0 Å². The molecule has 8 atom stereocenters. The van der Waals surface area contributed by atoms with E-state index in [1.165, 1.54) is 25.7 Å². The smallest absolute Gasteiger partial charge is 0.313 e. The van der Waals surface area contributed by atoms with Crippen molar-refractivity contribution in [3.8, 4) is 0 Å². The van der Waals surface area contributed by atoms with Gasteiger partial charge in [-0.3, -0.25) is 4.79 Å². The van der Waals surface area contributed by atoms with Crippen LogP contribution in [0.2, 0.25) is 0 Å². The fourth-order valence-corrected chi connectivity index (χ4v) is 6.81. The first-order chi connectivity index (χ1) is 12.6. The molecular weight excluding hydrogens is 330 g/mol. The lowest BCUT2D eigenvalue weighted by Crippen LogP contribution is -2.44. The van der Waals surface area contributed by atoms with E-state index >= 15 is 0 Å². The van der Waals surface area contributed by atoms with Gasteiger partial charge in [-0.15, -0.1) is 0 Å². The third-order valence-electron chi connectivity index (χ3n) is 8.03. The molecule has 4 fully saturated rings. The van der Waals surface area contributed by atoms with E-state index in [1.807, 2.05) is 6.92 Å². The average molecular weight is 366 g/mol. The molecule has 4 aliphatic rings. The maximum absolute atomic E-state index is 12.6. The topological polar surface area (TPSA) is 70.8 Å². The summed E-state index contributed by atoms with van der Waals surface area (Å²) in [5.74, 6) is 2.92. The number of hydrogen-bond acceptors (Lipinski definition) is 5. The lowest BCUT2D eigenvalue weighted by Gasteiger charge is -2.42. The molecule has 5 heteroatoms. The van der Waals surface area contributed by atoms with Gasteiger partial charge in [-0.05, 0) is 68.6 Å². The quantitative estimate of drug-likeness (QED) is 0.554. The molecule has 148 valence electrons. The summed E-state index contributed by atoms with van der Waals surface area (Å²) in [7, 11) is 0. The number of esters is 1. The van der Waals surface area contributed by atoms with Gasteiger partial charge in [0.05, 0.1) is 23.7 Å². The molecule has 0 spiro atoms. The summed E-state index contributed by atoms with van der Waals surface area (Å²) in [6, 6.07) is 0. The van der Waals surface area contributed by atoms with E-state index < -0.39 is 0 Å². The molecule has 1 aliphatic heterocycles. The molecule has 3 aliphatic carbocycles. The Morgan fingerprint density at radius 2 is 2.04 bits per heavy atom. The first-order valence-corrected chi connectivity index (χ1v) is 10.8. The maximum Gasteiger partial charge on any atom is 0.313 e. The zero-order valence-corrected chi connectivity index (χ0v) is 16.3. The second kappa shape index (κ2) is 7.40. The van der Waals surface area contributed by atoms with Gasteiger partial charge in [0.2, 0.25) is 0 Å².